The first kappa shape index (κ1) is 14.9. The van der Waals surface area contributed by atoms with Gasteiger partial charge in [-0.2, -0.15) is 4.99 Å². The van der Waals surface area contributed by atoms with E-state index in [1.807, 2.05) is 23.1 Å². The van der Waals surface area contributed by atoms with Gasteiger partial charge in [-0.3, -0.25) is 4.90 Å². The molecule has 21 heavy (non-hydrogen) atoms. The molecule has 1 aromatic carbocycles. The second kappa shape index (κ2) is 5.64. The number of anilines is 1. The van der Waals surface area contributed by atoms with Crippen LogP contribution in [-0.2, 0) is 0 Å². The standard InChI is InChI=1S/C14H17ClIN5/c15-10-8-9(4-5-11(10)16)21-13(18)19-12(17)20-14(21)6-2-1-3-7-14/h4-5,8H,1-3,6-7H2,(H4,17,18,19,20). The smallest absolute Gasteiger partial charge is 0.220 e. The van der Waals surface area contributed by atoms with Crippen LogP contribution in [0.1, 0.15) is 32.1 Å². The van der Waals surface area contributed by atoms with Crippen LogP contribution in [0.4, 0.5) is 5.69 Å². The minimum Gasteiger partial charge on any atom is -0.369 e. The van der Waals surface area contributed by atoms with Gasteiger partial charge in [0.25, 0.3) is 0 Å². The van der Waals surface area contributed by atoms with Gasteiger partial charge in [0.2, 0.25) is 11.9 Å². The van der Waals surface area contributed by atoms with Crippen LogP contribution < -0.4 is 16.4 Å². The van der Waals surface area contributed by atoms with Crippen molar-refractivity contribution in [2.75, 3.05) is 4.90 Å². The highest BCUT2D eigenvalue weighted by molar-refractivity contribution is 14.1. The predicted octanol–water partition coefficient (Wildman–Crippen LogP) is 3.05. The van der Waals surface area contributed by atoms with Crippen LogP contribution in [-0.4, -0.2) is 17.6 Å². The van der Waals surface area contributed by atoms with E-state index in [2.05, 4.69) is 32.6 Å². The maximum absolute atomic E-state index is 6.26. The highest BCUT2D eigenvalue weighted by Gasteiger charge is 2.42. The summed E-state index contributed by atoms with van der Waals surface area (Å²) >= 11 is 8.47. The number of nitrogens with zero attached hydrogens (tertiary/aromatic N) is 3. The summed E-state index contributed by atoms with van der Waals surface area (Å²) < 4.78 is 1.01. The first-order chi connectivity index (χ1) is 10.0. The summed E-state index contributed by atoms with van der Waals surface area (Å²) in [7, 11) is 0. The van der Waals surface area contributed by atoms with Gasteiger partial charge in [0, 0.05) is 9.26 Å². The molecule has 5 nitrogen and oxygen atoms in total. The molecule has 1 saturated carbocycles. The Labute approximate surface area is 142 Å². The van der Waals surface area contributed by atoms with Crippen LogP contribution in [0.15, 0.2) is 28.2 Å². The number of benzene rings is 1. The third-order valence-electron chi connectivity index (χ3n) is 4.01. The van der Waals surface area contributed by atoms with Crippen LogP contribution in [0.25, 0.3) is 0 Å². The number of aliphatic imine (C=N–C) groups is 2. The van der Waals surface area contributed by atoms with Gasteiger partial charge >= 0.3 is 0 Å². The van der Waals surface area contributed by atoms with Gasteiger partial charge in [0.05, 0.1) is 5.02 Å². The van der Waals surface area contributed by atoms with Crippen molar-refractivity contribution >= 4 is 51.8 Å². The summed E-state index contributed by atoms with van der Waals surface area (Å²) in [6, 6.07) is 5.90. The summed E-state index contributed by atoms with van der Waals surface area (Å²) in [5.41, 5.74) is 12.5. The Balaban J connectivity index is 2.08. The Hall–Kier alpha value is -1.02. The minimum atomic E-state index is -0.412. The van der Waals surface area contributed by atoms with E-state index >= 15 is 0 Å². The van der Waals surface area contributed by atoms with Crippen molar-refractivity contribution in [3.8, 4) is 0 Å². The van der Waals surface area contributed by atoms with Gasteiger partial charge < -0.3 is 11.5 Å². The molecule has 2 aliphatic rings. The summed E-state index contributed by atoms with van der Waals surface area (Å²) in [6.45, 7) is 0. The van der Waals surface area contributed by atoms with Crippen molar-refractivity contribution in [2.24, 2.45) is 21.5 Å². The van der Waals surface area contributed by atoms with Crippen molar-refractivity contribution in [1.82, 2.24) is 0 Å². The van der Waals surface area contributed by atoms with Gasteiger partial charge in [-0.1, -0.05) is 18.0 Å². The molecule has 112 valence electrons. The Morgan fingerprint density at radius 1 is 1.19 bits per heavy atom. The normalized spacial score (nSPS) is 21.1. The van der Waals surface area contributed by atoms with E-state index in [1.54, 1.807) is 0 Å². The van der Waals surface area contributed by atoms with Gasteiger partial charge in [0.15, 0.2) is 0 Å². The molecule has 0 aromatic heterocycles. The second-order valence-corrected chi connectivity index (χ2v) is 6.99. The Bertz CT molecular complexity index is 622. The van der Waals surface area contributed by atoms with Crippen LogP contribution in [0, 0.1) is 3.57 Å². The van der Waals surface area contributed by atoms with Gasteiger partial charge in [-0.25, -0.2) is 4.99 Å². The Morgan fingerprint density at radius 2 is 1.90 bits per heavy atom. The fraction of sp³-hybridized carbons (Fsp3) is 0.429. The van der Waals surface area contributed by atoms with Crippen LogP contribution in [0.5, 0.6) is 0 Å². The molecule has 0 unspecified atom stereocenters. The van der Waals surface area contributed by atoms with E-state index in [4.69, 9.17) is 23.1 Å². The number of halogens is 2. The molecule has 0 atom stereocenters. The predicted molar refractivity (Wildman–Crippen MR) is 95.7 cm³/mol. The summed E-state index contributed by atoms with van der Waals surface area (Å²) in [6.07, 6.45) is 5.29. The molecule has 4 N–H and O–H groups in total. The van der Waals surface area contributed by atoms with Crippen LogP contribution in [0.3, 0.4) is 0 Å². The fourth-order valence-electron chi connectivity index (χ4n) is 3.12. The molecule has 3 rings (SSSR count). The molecule has 0 saturated heterocycles. The van der Waals surface area contributed by atoms with Crippen molar-refractivity contribution < 1.29 is 0 Å². The highest BCUT2D eigenvalue weighted by Crippen LogP contribution is 2.40. The van der Waals surface area contributed by atoms with Gasteiger partial charge in [-0.05, 0) is 66.5 Å². The first-order valence-electron chi connectivity index (χ1n) is 6.97. The quantitative estimate of drug-likeness (QED) is 0.689. The molecule has 1 aliphatic heterocycles. The molecular formula is C14H17ClIN5. The average molecular weight is 418 g/mol. The molecule has 1 heterocycles. The van der Waals surface area contributed by atoms with Crippen molar-refractivity contribution in [1.29, 1.82) is 0 Å². The topological polar surface area (TPSA) is 80.0 Å². The molecule has 0 radical (unpaired) electrons. The van der Waals surface area contributed by atoms with Gasteiger partial charge in [-0.15, -0.1) is 0 Å². The first-order valence-corrected chi connectivity index (χ1v) is 8.42. The number of rotatable bonds is 1. The summed E-state index contributed by atoms with van der Waals surface area (Å²) in [4.78, 5) is 10.8. The zero-order valence-corrected chi connectivity index (χ0v) is 14.4. The van der Waals surface area contributed by atoms with Crippen molar-refractivity contribution in [3.63, 3.8) is 0 Å². The number of guanidine groups is 2. The minimum absolute atomic E-state index is 0.266. The molecule has 0 amide bonds. The highest BCUT2D eigenvalue weighted by atomic mass is 127. The molecule has 0 bridgehead atoms. The maximum atomic E-state index is 6.26. The third kappa shape index (κ3) is 2.70. The van der Waals surface area contributed by atoms with Crippen molar-refractivity contribution in [3.05, 3.63) is 26.8 Å². The van der Waals surface area contributed by atoms with E-state index in [0.717, 1.165) is 34.9 Å². The lowest BCUT2D eigenvalue weighted by Crippen LogP contribution is -2.58. The third-order valence-corrected chi connectivity index (χ3v) is 5.59. The molecule has 1 aromatic rings. The lowest BCUT2D eigenvalue weighted by atomic mass is 9.87. The number of hydrogen-bond acceptors (Lipinski definition) is 5. The molecule has 7 heteroatoms. The molecule has 1 fully saturated rings. The number of nitrogens with two attached hydrogens (primary N) is 2. The lowest BCUT2D eigenvalue weighted by molar-refractivity contribution is 0.305. The van der Waals surface area contributed by atoms with E-state index < -0.39 is 5.66 Å². The second-order valence-electron chi connectivity index (χ2n) is 5.42. The van der Waals surface area contributed by atoms with Crippen LogP contribution in [0.2, 0.25) is 5.02 Å². The Morgan fingerprint density at radius 3 is 2.57 bits per heavy atom. The van der Waals surface area contributed by atoms with Gasteiger partial charge in [0.1, 0.15) is 5.66 Å². The maximum Gasteiger partial charge on any atom is 0.220 e. The van der Waals surface area contributed by atoms with E-state index in [-0.39, 0.29) is 5.96 Å². The number of hydrogen-bond donors (Lipinski definition) is 2. The van der Waals surface area contributed by atoms with E-state index in [0.29, 0.717) is 11.0 Å². The molecule has 1 aliphatic carbocycles. The molecule has 1 spiro atoms. The monoisotopic (exact) mass is 417 g/mol. The summed E-state index contributed by atoms with van der Waals surface area (Å²) in [5.74, 6) is 0.656. The zero-order chi connectivity index (χ0) is 15.0. The van der Waals surface area contributed by atoms with Crippen LogP contribution >= 0.6 is 34.2 Å². The lowest BCUT2D eigenvalue weighted by Gasteiger charge is -2.45. The largest absolute Gasteiger partial charge is 0.369 e. The van der Waals surface area contributed by atoms with E-state index in [9.17, 15) is 0 Å². The summed E-state index contributed by atoms with van der Waals surface area (Å²) in [5, 5.41) is 0.703. The SMILES string of the molecule is NC1=NC2(CCCCC2)N(c2ccc(I)c(Cl)c2)C(N)=N1. The Kier molecular flexibility index (Phi) is 4.00. The van der Waals surface area contributed by atoms with Crippen molar-refractivity contribution in [2.45, 2.75) is 37.8 Å². The average Bonchev–Trinajstić information content (AvgIpc) is 2.42. The zero-order valence-electron chi connectivity index (χ0n) is 11.5. The fourth-order valence-corrected chi connectivity index (χ4v) is 3.63. The van der Waals surface area contributed by atoms with E-state index in [1.165, 1.54) is 6.42 Å². The molecular weight excluding hydrogens is 401 g/mol.